The predicted molar refractivity (Wildman–Crippen MR) is 109 cm³/mol. The van der Waals surface area contributed by atoms with Crippen molar-refractivity contribution >= 4 is 12.2 Å². The van der Waals surface area contributed by atoms with Crippen molar-refractivity contribution in [3.63, 3.8) is 0 Å². The number of para-hydroxylation sites is 1. The highest BCUT2D eigenvalue weighted by atomic mass is 16.5. The van der Waals surface area contributed by atoms with Crippen LogP contribution >= 0.6 is 0 Å². The van der Waals surface area contributed by atoms with Gasteiger partial charge in [0.25, 0.3) is 0 Å². The molecule has 1 aliphatic heterocycles. The first-order valence-electron chi connectivity index (χ1n) is 9.87. The molecule has 142 valence electrons. The number of phenols is 2. The molecule has 0 saturated heterocycles. The predicted octanol–water partition coefficient (Wildman–Crippen LogP) is 5.96. The van der Waals surface area contributed by atoms with Gasteiger partial charge in [0, 0.05) is 17.0 Å². The van der Waals surface area contributed by atoms with E-state index in [4.69, 9.17) is 4.74 Å². The molecule has 1 saturated carbocycles. The molecule has 4 rings (SSSR count). The molecule has 0 amide bonds. The van der Waals surface area contributed by atoms with Crippen LogP contribution in [-0.2, 0) is 0 Å². The summed E-state index contributed by atoms with van der Waals surface area (Å²) in [5.74, 6) is 2.83. The molecule has 3 nitrogen and oxygen atoms in total. The molecule has 1 heterocycles. The van der Waals surface area contributed by atoms with Gasteiger partial charge >= 0.3 is 0 Å². The van der Waals surface area contributed by atoms with Crippen LogP contribution in [0.15, 0.2) is 36.4 Å². The van der Waals surface area contributed by atoms with Crippen molar-refractivity contribution in [1.82, 2.24) is 0 Å². The fraction of sp³-hybridized carbons (Fsp3) is 0.417. The van der Waals surface area contributed by atoms with Crippen molar-refractivity contribution in [2.45, 2.75) is 51.6 Å². The van der Waals surface area contributed by atoms with Crippen molar-refractivity contribution in [3.8, 4) is 17.2 Å². The lowest BCUT2D eigenvalue weighted by Gasteiger charge is -2.48. The van der Waals surface area contributed by atoms with E-state index in [2.05, 4.69) is 20.8 Å². The van der Waals surface area contributed by atoms with Crippen LogP contribution in [0.1, 0.15) is 62.6 Å². The first kappa shape index (κ1) is 18.0. The molecule has 0 spiro atoms. The van der Waals surface area contributed by atoms with Crippen LogP contribution in [0.2, 0.25) is 0 Å². The summed E-state index contributed by atoms with van der Waals surface area (Å²) in [6.45, 7) is 6.65. The Labute approximate surface area is 161 Å². The third-order valence-electron chi connectivity index (χ3n) is 6.28. The zero-order valence-corrected chi connectivity index (χ0v) is 16.3. The van der Waals surface area contributed by atoms with Gasteiger partial charge in [0.1, 0.15) is 22.8 Å². The van der Waals surface area contributed by atoms with Crippen LogP contribution in [0.3, 0.4) is 0 Å². The minimum absolute atomic E-state index is 0.232. The minimum Gasteiger partial charge on any atom is -0.507 e. The SMILES string of the molecule is C[C@H]1CC[C@H]2[C@H](C1)c1c(O)cc(/C=C/c3ccccc3O)cc1OC2(C)C. The molecule has 2 aromatic carbocycles. The van der Waals surface area contributed by atoms with Crippen LogP contribution in [-0.4, -0.2) is 15.8 Å². The molecular weight excluding hydrogens is 336 g/mol. The zero-order valence-electron chi connectivity index (χ0n) is 16.3. The van der Waals surface area contributed by atoms with E-state index in [1.54, 1.807) is 12.1 Å². The van der Waals surface area contributed by atoms with Gasteiger partial charge in [-0.1, -0.05) is 43.7 Å². The maximum Gasteiger partial charge on any atom is 0.127 e. The largest absolute Gasteiger partial charge is 0.507 e. The van der Waals surface area contributed by atoms with Gasteiger partial charge < -0.3 is 14.9 Å². The molecule has 2 aromatic rings. The summed E-state index contributed by atoms with van der Waals surface area (Å²) < 4.78 is 6.38. The van der Waals surface area contributed by atoms with Gasteiger partial charge in [-0.25, -0.2) is 0 Å². The lowest BCUT2D eigenvalue weighted by Crippen LogP contribution is -2.46. The van der Waals surface area contributed by atoms with Gasteiger partial charge in [0.15, 0.2) is 0 Å². The zero-order chi connectivity index (χ0) is 19.2. The molecule has 3 atom stereocenters. The molecule has 0 radical (unpaired) electrons. The number of benzene rings is 2. The van der Waals surface area contributed by atoms with Crippen molar-refractivity contribution in [3.05, 3.63) is 53.1 Å². The average Bonchev–Trinajstić information content (AvgIpc) is 2.59. The molecule has 3 heteroatoms. The normalized spacial score (nSPS) is 26.3. The fourth-order valence-electron chi connectivity index (χ4n) is 4.89. The van der Waals surface area contributed by atoms with E-state index < -0.39 is 0 Å². The van der Waals surface area contributed by atoms with Crippen molar-refractivity contribution in [1.29, 1.82) is 0 Å². The highest BCUT2D eigenvalue weighted by molar-refractivity contribution is 5.74. The smallest absolute Gasteiger partial charge is 0.127 e. The number of fused-ring (bicyclic) bond motifs is 3. The Kier molecular flexibility index (Phi) is 4.41. The van der Waals surface area contributed by atoms with E-state index in [0.29, 0.717) is 23.5 Å². The molecule has 1 aliphatic carbocycles. The van der Waals surface area contributed by atoms with Crippen LogP contribution in [0.5, 0.6) is 17.2 Å². The van der Waals surface area contributed by atoms with E-state index in [1.165, 1.54) is 6.42 Å². The molecule has 2 N–H and O–H groups in total. The number of hydrogen-bond acceptors (Lipinski definition) is 3. The second-order valence-corrected chi connectivity index (χ2v) is 8.68. The van der Waals surface area contributed by atoms with E-state index in [9.17, 15) is 10.2 Å². The standard InChI is InChI=1S/C24H28O3/c1-15-8-11-19-18(12-15)23-21(26)13-16(14-22(23)27-24(19,2)3)9-10-17-6-4-5-7-20(17)25/h4-7,9-10,13-15,18-19,25-26H,8,11-12H2,1-3H3/b10-9+/t15-,18-,19-/m0/s1. The molecule has 27 heavy (non-hydrogen) atoms. The monoisotopic (exact) mass is 364 g/mol. The highest BCUT2D eigenvalue weighted by Crippen LogP contribution is 2.55. The van der Waals surface area contributed by atoms with Gasteiger partial charge in [-0.2, -0.15) is 0 Å². The molecule has 0 aromatic heterocycles. The van der Waals surface area contributed by atoms with E-state index in [1.807, 2.05) is 36.4 Å². The van der Waals surface area contributed by atoms with Gasteiger partial charge in [0.05, 0.1) is 0 Å². The Morgan fingerprint density at radius 1 is 1.04 bits per heavy atom. The summed E-state index contributed by atoms with van der Waals surface area (Å²) in [6, 6.07) is 11.0. The van der Waals surface area contributed by atoms with Crippen molar-refractivity contribution in [2.75, 3.05) is 0 Å². The quantitative estimate of drug-likeness (QED) is 0.647. The number of phenolic OH excluding ortho intramolecular Hbond substituents is 2. The van der Waals surface area contributed by atoms with E-state index >= 15 is 0 Å². The van der Waals surface area contributed by atoms with Gasteiger partial charge in [-0.15, -0.1) is 0 Å². The van der Waals surface area contributed by atoms with Crippen LogP contribution in [0.25, 0.3) is 12.2 Å². The van der Waals surface area contributed by atoms with Crippen LogP contribution < -0.4 is 4.74 Å². The molecule has 1 fully saturated rings. The maximum atomic E-state index is 10.8. The summed E-state index contributed by atoms with van der Waals surface area (Å²) in [6.07, 6.45) is 7.24. The van der Waals surface area contributed by atoms with Gasteiger partial charge in [0.2, 0.25) is 0 Å². The lowest BCUT2D eigenvalue weighted by molar-refractivity contribution is -0.0145. The number of ether oxygens (including phenoxy) is 1. The number of hydrogen-bond donors (Lipinski definition) is 2. The van der Waals surface area contributed by atoms with Crippen molar-refractivity contribution < 1.29 is 14.9 Å². The Morgan fingerprint density at radius 3 is 2.59 bits per heavy atom. The first-order valence-corrected chi connectivity index (χ1v) is 9.87. The van der Waals surface area contributed by atoms with Crippen molar-refractivity contribution in [2.24, 2.45) is 11.8 Å². The third kappa shape index (κ3) is 3.31. The lowest BCUT2D eigenvalue weighted by atomic mass is 9.64. The van der Waals surface area contributed by atoms with E-state index in [0.717, 1.165) is 35.3 Å². The minimum atomic E-state index is -0.232. The second-order valence-electron chi connectivity index (χ2n) is 8.68. The third-order valence-corrected chi connectivity index (χ3v) is 6.28. The topological polar surface area (TPSA) is 49.7 Å². The summed E-state index contributed by atoms with van der Waals surface area (Å²) in [5.41, 5.74) is 2.36. The second kappa shape index (κ2) is 6.63. The summed E-state index contributed by atoms with van der Waals surface area (Å²) in [5, 5.41) is 20.8. The summed E-state index contributed by atoms with van der Waals surface area (Å²) in [4.78, 5) is 0. The molecular formula is C24H28O3. The Morgan fingerprint density at radius 2 is 1.81 bits per heavy atom. The Hall–Kier alpha value is -2.42. The first-order chi connectivity index (χ1) is 12.8. The van der Waals surface area contributed by atoms with Crippen LogP contribution in [0, 0.1) is 11.8 Å². The Balaban J connectivity index is 1.72. The maximum absolute atomic E-state index is 10.8. The van der Waals surface area contributed by atoms with Gasteiger partial charge in [-0.3, -0.25) is 0 Å². The molecule has 2 aliphatic rings. The number of rotatable bonds is 2. The van der Waals surface area contributed by atoms with E-state index in [-0.39, 0.29) is 11.4 Å². The number of aromatic hydroxyl groups is 2. The summed E-state index contributed by atoms with van der Waals surface area (Å²) in [7, 11) is 0. The molecule has 0 unspecified atom stereocenters. The fourth-order valence-corrected chi connectivity index (χ4v) is 4.89. The average molecular weight is 364 g/mol. The van der Waals surface area contributed by atoms with Gasteiger partial charge in [-0.05, 0) is 62.3 Å². The molecule has 0 bridgehead atoms. The van der Waals surface area contributed by atoms with Crippen LogP contribution in [0.4, 0.5) is 0 Å². The highest BCUT2D eigenvalue weighted by Gasteiger charge is 2.46. The summed E-state index contributed by atoms with van der Waals surface area (Å²) >= 11 is 0. The Bertz CT molecular complexity index is 881.